The average Bonchev–Trinajstić information content (AvgIpc) is 3.15. The number of rotatable bonds is 4. The highest BCUT2D eigenvalue weighted by Gasteiger charge is 2.26. The first-order chi connectivity index (χ1) is 10.6. The number of carbonyl (C=O) groups excluding carboxylic acids is 1. The van der Waals surface area contributed by atoms with Crippen LogP contribution in [0.5, 0.6) is 0 Å². The molecule has 1 unspecified atom stereocenters. The molecule has 0 bridgehead atoms. The summed E-state index contributed by atoms with van der Waals surface area (Å²) in [5.41, 5.74) is 1.15. The van der Waals surface area contributed by atoms with Crippen LogP contribution < -0.4 is 5.32 Å². The van der Waals surface area contributed by atoms with Gasteiger partial charge in [0.25, 0.3) is 0 Å². The van der Waals surface area contributed by atoms with Gasteiger partial charge in [-0.05, 0) is 18.2 Å². The van der Waals surface area contributed by atoms with E-state index in [1.165, 1.54) is 4.90 Å². The molecular formula is C15H21N5O2. The number of hydrogen-bond acceptors (Lipinski definition) is 4. The minimum atomic E-state index is -0.0862. The first kappa shape index (κ1) is 14.6. The zero-order chi connectivity index (χ0) is 15.5. The molecule has 0 spiro atoms. The van der Waals surface area contributed by atoms with Crippen molar-refractivity contribution in [2.45, 2.75) is 19.1 Å². The standard InChI is InChI=1S/C15H21N5O2/c1-18(2)15(21)16-8-13-10-19(11-14-4-3-7-22-14)9-12-5-6-17-20(12)13/h3-7,13H,8-11H2,1-2H3,(H,16,21). The molecule has 0 saturated carbocycles. The third-order valence-electron chi connectivity index (χ3n) is 3.81. The zero-order valence-corrected chi connectivity index (χ0v) is 12.9. The van der Waals surface area contributed by atoms with Crippen molar-refractivity contribution in [1.29, 1.82) is 0 Å². The van der Waals surface area contributed by atoms with Crippen molar-refractivity contribution in [1.82, 2.24) is 24.9 Å². The zero-order valence-electron chi connectivity index (χ0n) is 12.9. The van der Waals surface area contributed by atoms with Gasteiger partial charge in [0.2, 0.25) is 0 Å². The molecular weight excluding hydrogens is 282 g/mol. The van der Waals surface area contributed by atoms with E-state index in [1.807, 2.05) is 29.1 Å². The number of nitrogens with one attached hydrogen (secondary N) is 1. The van der Waals surface area contributed by atoms with Crippen LogP contribution in [0.4, 0.5) is 4.79 Å². The number of furan rings is 1. The monoisotopic (exact) mass is 303 g/mol. The van der Waals surface area contributed by atoms with E-state index in [4.69, 9.17) is 4.42 Å². The molecule has 0 saturated heterocycles. The fourth-order valence-electron chi connectivity index (χ4n) is 2.72. The fourth-order valence-corrected chi connectivity index (χ4v) is 2.72. The second-order valence-corrected chi connectivity index (χ2v) is 5.75. The van der Waals surface area contributed by atoms with Crippen LogP contribution in [0.25, 0.3) is 0 Å². The van der Waals surface area contributed by atoms with E-state index in [0.29, 0.717) is 6.54 Å². The molecule has 1 aliphatic rings. The van der Waals surface area contributed by atoms with Crippen molar-refractivity contribution in [3.8, 4) is 0 Å². The van der Waals surface area contributed by atoms with Gasteiger partial charge in [-0.2, -0.15) is 5.10 Å². The van der Waals surface area contributed by atoms with Gasteiger partial charge in [-0.3, -0.25) is 9.58 Å². The highest BCUT2D eigenvalue weighted by atomic mass is 16.3. The fraction of sp³-hybridized carbons (Fsp3) is 0.467. The predicted molar refractivity (Wildman–Crippen MR) is 81.2 cm³/mol. The quantitative estimate of drug-likeness (QED) is 0.924. The van der Waals surface area contributed by atoms with E-state index >= 15 is 0 Å². The molecule has 0 fully saturated rings. The van der Waals surface area contributed by atoms with E-state index in [1.54, 1.807) is 20.4 Å². The summed E-state index contributed by atoms with van der Waals surface area (Å²) in [5.74, 6) is 0.948. The van der Waals surface area contributed by atoms with Gasteiger partial charge in [0.15, 0.2) is 0 Å². The van der Waals surface area contributed by atoms with Gasteiger partial charge in [0, 0.05) is 39.9 Å². The molecule has 1 atom stereocenters. The number of nitrogens with zero attached hydrogens (tertiary/aromatic N) is 4. The Bertz CT molecular complexity index is 620. The van der Waals surface area contributed by atoms with Crippen molar-refractivity contribution < 1.29 is 9.21 Å². The third kappa shape index (κ3) is 3.14. The lowest BCUT2D eigenvalue weighted by atomic mass is 10.2. The van der Waals surface area contributed by atoms with Crippen LogP contribution in [0.15, 0.2) is 35.1 Å². The molecule has 7 nitrogen and oxygen atoms in total. The summed E-state index contributed by atoms with van der Waals surface area (Å²) in [6.45, 7) is 2.97. The van der Waals surface area contributed by atoms with Crippen molar-refractivity contribution in [2.75, 3.05) is 27.2 Å². The van der Waals surface area contributed by atoms with Crippen molar-refractivity contribution in [3.63, 3.8) is 0 Å². The number of hydrogen-bond donors (Lipinski definition) is 1. The van der Waals surface area contributed by atoms with Crippen LogP contribution in [0.3, 0.4) is 0 Å². The van der Waals surface area contributed by atoms with Crippen molar-refractivity contribution in [3.05, 3.63) is 42.1 Å². The van der Waals surface area contributed by atoms with E-state index < -0.39 is 0 Å². The van der Waals surface area contributed by atoms with Crippen LogP contribution in [-0.2, 0) is 13.1 Å². The van der Waals surface area contributed by atoms with Gasteiger partial charge in [0.05, 0.1) is 24.5 Å². The highest BCUT2D eigenvalue weighted by molar-refractivity contribution is 5.73. The predicted octanol–water partition coefficient (Wildman–Crippen LogP) is 1.30. The summed E-state index contributed by atoms with van der Waals surface area (Å²) < 4.78 is 7.44. The molecule has 7 heteroatoms. The largest absolute Gasteiger partial charge is 0.468 e. The van der Waals surface area contributed by atoms with Gasteiger partial charge < -0.3 is 14.6 Å². The van der Waals surface area contributed by atoms with Crippen LogP contribution in [0, 0.1) is 0 Å². The number of amides is 2. The molecule has 2 aromatic rings. The second-order valence-electron chi connectivity index (χ2n) is 5.75. The lowest BCUT2D eigenvalue weighted by molar-refractivity contribution is 0.153. The molecule has 22 heavy (non-hydrogen) atoms. The molecule has 2 amide bonds. The van der Waals surface area contributed by atoms with E-state index in [-0.39, 0.29) is 12.1 Å². The smallest absolute Gasteiger partial charge is 0.316 e. The molecule has 118 valence electrons. The average molecular weight is 303 g/mol. The van der Waals surface area contributed by atoms with E-state index in [0.717, 1.165) is 31.1 Å². The maximum atomic E-state index is 11.7. The van der Waals surface area contributed by atoms with E-state index in [9.17, 15) is 4.79 Å². The molecule has 2 aromatic heterocycles. The number of aromatic nitrogens is 2. The Kier molecular flexibility index (Phi) is 4.15. The summed E-state index contributed by atoms with van der Waals surface area (Å²) in [6, 6.07) is 5.94. The molecule has 0 radical (unpaired) electrons. The number of urea groups is 1. The maximum Gasteiger partial charge on any atom is 0.316 e. The first-order valence-electron chi connectivity index (χ1n) is 7.36. The number of carbonyl (C=O) groups is 1. The van der Waals surface area contributed by atoms with E-state index in [2.05, 4.69) is 15.3 Å². The van der Waals surface area contributed by atoms with Gasteiger partial charge in [0.1, 0.15) is 5.76 Å². The summed E-state index contributed by atoms with van der Waals surface area (Å²) in [7, 11) is 3.47. The number of fused-ring (bicyclic) bond motifs is 1. The third-order valence-corrected chi connectivity index (χ3v) is 3.81. The molecule has 3 rings (SSSR count). The minimum absolute atomic E-state index is 0.0862. The van der Waals surface area contributed by atoms with Crippen LogP contribution in [0.1, 0.15) is 17.5 Å². The highest BCUT2D eigenvalue weighted by Crippen LogP contribution is 2.21. The van der Waals surface area contributed by atoms with Gasteiger partial charge in [-0.15, -0.1) is 0 Å². The topological polar surface area (TPSA) is 66.5 Å². The molecule has 0 aliphatic carbocycles. The van der Waals surface area contributed by atoms with Gasteiger partial charge in [-0.1, -0.05) is 0 Å². The first-order valence-corrected chi connectivity index (χ1v) is 7.36. The lowest BCUT2D eigenvalue weighted by Gasteiger charge is -2.33. The van der Waals surface area contributed by atoms with Crippen LogP contribution >= 0.6 is 0 Å². The Morgan fingerprint density at radius 3 is 3.09 bits per heavy atom. The van der Waals surface area contributed by atoms with Crippen molar-refractivity contribution in [2.24, 2.45) is 0 Å². The molecule has 3 heterocycles. The SMILES string of the molecule is CN(C)C(=O)NCC1CN(Cc2ccco2)Cc2ccnn21. The minimum Gasteiger partial charge on any atom is -0.468 e. The summed E-state index contributed by atoms with van der Waals surface area (Å²) in [6.07, 6.45) is 3.50. The summed E-state index contributed by atoms with van der Waals surface area (Å²) >= 11 is 0. The molecule has 1 N–H and O–H groups in total. The summed E-state index contributed by atoms with van der Waals surface area (Å²) in [5, 5.41) is 7.33. The maximum absolute atomic E-state index is 11.7. The second kappa shape index (κ2) is 6.23. The van der Waals surface area contributed by atoms with Crippen molar-refractivity contribution >= 4 is 6.03 Å². The summed E-state index contributed by atoms with van der Waals surface area (Å²) in [4.78, 5) is 15.6. The van der Waals surface area contributed by atoms with Gasteiger partial charge in [-0.25, -0.2) is 4.79 Å². The Morgan fingerprint density at radius 2 is 2.36 bits per heavy atom. The molecule has 1 aliphatic heterocycles. The normalized spacial score (nSPS) is 18.0. The Morgan fingerprint density at radius 1 is 1.50 bits per heavy atom. The lowest BCUT2D eigenvalue weighted by Crippen LogP contribution is -2.44. The Balaban J connectivity index is 1.68. The van der Waals surface area contributed by atoms with Gasteiger partial charge >= 0.3 is 6.03 Å². The van der Waals surface area contributed by atoms with Crippen LogP contribution in [0.2, 0.25) is 0 Å². The Hall–Kier alpha value is -2.28. The molecule has 0 aromatic carbocycles. The Labute approximate surface area is 129 Å². The van der Waals surface area contributed by atoms with Crippen LogP contribution in [-0.4, -0.2) is 52.8 Å².